The molecule has 0 aromatic heterocycles. The Labute approximate surface area is 105 Å². The average Bonchev–Trinajstić information content (AvgIpc) is 2.65. The van der Waals surface area contributed by atoms with E-state index in [0.717, 1.165) is 13.0 Å². The SMILES string of the molecule is CCN1c2c(CC(C)NC)cccc2CC1C. The summed E-state index contributed by atoms with van der Waals surface area (Å²) in [5, 5.41) is 3.33. The molecule has 1 N–H and O–H groups in total. The highest BCUT2D eigenvalue weighted by Gasteiger charge is 2.26. The zero-order valence-electron chi connectivity index (χ0n) is 11.5. The lowest BCUT2D eigenvalue weighted by Gasteiger charge is -2.26. The summed E-state index contributed by atoms with van der Waals surface area (Å²) in [7, 11) is 2.04. The van der Waals surface area contributed by atoms with Gasteiger partial charge in [-0.1, -0.05) is 18.2 Å². The summed E-state index contributed by atoms with van der Waals surface area (Å²) in [5.41, 5.74) is 4.53. The van der Waals surface area contributed by atoms with E-state index in [1.54, 1.807) is 0 Å². The van der Waals surface area contributed by atoms with Crippen LogP contribution >= 0.6 is 0 Å². The molecule has 94 valence electrons. The van der Waals surface area contributed by atoms with Gasteiger partial charge in [-0.25, -0.2) is 0 Å². The number of fused-ring (bicyclic) bond motifs is 1. The van der Waals surface area contributed by atoms with Gasteiger partial charge in [0.25, 0.3) is 0 Å². The van der Waals surface area contributed by atoms with Crippen LogP contribution in [0, 0.1) is 0 Å². The molecule has 1 aliphatic heterocycles. The first-order valence-electron chi connectivity index (χ1n) is 6.72. The predicted octanol–water partition coefficient (Wildman–Crippen LogP) is 2.61. The second-order valence-electron chi connectivity index (χ2n) is 5.16. The standard InChI is InChI=1S/C15H24N2/c1-5-17-12(3)10-14-8-6-7-13(15(14)17)9-11(2)16-4/h6-8,11-12,16H,5,9-10H2,1-4H3. The van der Waals surface area contributed by atoms with Crippen molar-refractivity contribution in [3.05, 3.63) is 29.3 Å². The zero-order chi connectivity index (χ0) is 12.4. The lowest BCUT2D eigenvalue weighted by atomic mass is 10.0. The van der Waals surface area contributed by atoms with Crippen molar-refractivity contribution < 1.29 is 0 Å². The van der Waals surface area contributed by atoms with Gasteiger partial charge in [0.2, 0.25) is 0 Å². The molecule has 1 aromatic carbocycles. The van der Waals surface area contributed by atoms with Gasteiger partial charge in [0.15, 0.2) is 0 Å². The maximum atomic E-state index is 3.33. The van der Waals surface area contributed by atoms with Crippen molar-refractivity contribution in [1.82, 2.24) is 5.32 Å². The van der Waals surface area contributed by atoms with Gasteiger partial charge in [0.1, 0.15) is 0 Å². The van der Waals surface area contributed by atoms with E-state index in [0.29, 0.717) is 12.1 Å². The normalized spacial score (nSPS) is 20.5. The first kappa shape index (κ1) is 12.4. The number of para-hydroxylation sites is 1. The van der Waals surface area contributed by atoms with Crippen molar-refractivity contribution in [3.8, 4) is 0 Å². The van der Waals surface area contributed by atoms with E-state index in [-0.39, 0.29) is 0 Å². The molecule has 2 rings (SSSR count). The molecule has 1 aliphatic rings. The molecule has 0 amide bonds. The van der Waals surface area contributed by atoms with Gasteiger partial charge in [-0.2, -0.15) is 0 Å². The average molecular weight is 232 g/mol. The molecule has 2 unspecified atom stereocenters. The van der Waals surface area contributed by atoms with Gasteiger partial charge >= 0.3 is 0 Å². The fourth-order valence-electron chi connectivity index (χ4n) is 2.89. The summed E-state index contributed by atoms with van der Waals surface area (Å²) >= 11 is 0. The van der Waals surface area contributed by atoms with E-state index in [2.05, 4.69) is 49.2 Å². The van der Waals surface area contributed by atoms with Gasteiger partial charge in [0, 0.05) is 24.3 Å². The molecule has 0 saturated carbocycles. The highest BCUT2D eigenvalue weighted by molar-refractivity contribution is 5.64. The molecule has 0 bridgehead atoms. The third-order valence-electron chi connectivity index (χ3n) is 3.90. The second kappa shape index (κ2) is 5.09. The van der Waals surface area contributed by atoms with Crippen LogP contribution < -0.4 is 10.2 Å². The van der Waals surface area contributed by atoms with Gasteiger partial charge in [-0.05, 0) is 51.8 Å². The molecule has 1 aromatic rings. The highest BCUT2D eigenvalue weighted by Crippen LogP contribution is 2.35. The summed E-state index contributed by atoms with van der Waals surface area (Å²) in [4.78, 5) is 2.55. The Bertz CT molecular complexity index is 387. The van der Waals surface area contributed by atoms with Gasteiger partial charge in [-0.3, -0.25) is 0 Å². The van der Waals surface area contributed by atoms with E-state index in [4.69, 9.17) is 0 Å². The Morgan fingerprint density at radius 1 is 1.47 bits per heavy atom. The van der Waals surface area contributed by atoms with Gasteiger partial charge in [-0.15, -0.1) is 0 Å². The number of hydrogen-bond acceptors (Lipinski definition) is 2. The van der Waals surface area contributed by atoms with Crippen molar-refractivity contribution in [1.29, 1.82) is 0 Å². The molecule has 2 heteroatoms. The minimum absolute atomic E-state index is 0.538. The number of anilines is 1. The van der Waals surface area contributed by atoms with Crippen LogP contribution in [-0.4, -0.2) is 25.7 Å². The number of nitrogens with one attached hydrogen (secondary N) is 1. The molecule has 0 aliphatic carbocycles. The van der Waals surface area contributed by atoms with Crippen molar-refractivity contribution in [2.24, 2.45) is 0 Å². The first-order chi connectivity index (χ1) is 8.17. The Balaban J connectivity index is 2.33. The van der Waals surface area contributed by atoms with E-state index in [1.807, 2.05) is 7.05 Å². The number of likely N-dealkylation sites (N-methyl/N-ethyl adjacent to an activating group) is 2. The van der Waals surface area contributed by atoms with Crippen LogP contribution in [0.15, 0.2) is 18.2 Å². The fraction of sp³-hybridized carbons (Fsp3) is 0.600. The third kappa shape index (κ3) is 2.32. The molecule has 1 heterocycles. The largest absolute Gasteiger partial charge is 0.368 e. The Hall–Kier alpha value is -1.02. The Morgan fingerprint density at radius 3 is 2.88 bits per heavy atom. The number of nitrogens with zero attached hydrogens (tertiary/aromatic N) is 1. The fourth-order valence-corrected chi connectivity index (χ4v) is 2.89. The summed E-state index contributed by atoms with van der Waals surface area (Å²) in [6, 6.07) is 7.97. The first-order valence-corrected chi connectivity index (χ1v) is 6.72. The zero-order valence-corrected chi connectivity index (χ0v) is 11.5. The van der Waals surface area contributed by atoms with Crippen LogP contribution in [0.1, 0.15) is 31.9 Å². The predicted molar refractivity (Wildman–Crippen MR) is 74.9 cm³/mol. The van der Waals surface area contributed by atoms with Crippen LogP contribution in [0.5, 0.6) is 0 Å². The topological polar surface area (TPSA) is 15.3 Å². The summed E-state index contributed by atoms with van der Waals surface area (Å²) in [6.45, 7) is 7.94. The van der Waals surface area contributed by atoms with Crippen LogP contribution in [0.4, 0.5) is 5.69 Å². The van der Waals surface area contributed by atoms with Crippen molar-refractivity contribution in [3.63, 3.8) is 0 Å². The van der Waals surface area contributed by atoms with E-state index in [9.17, 15) is 0 Å². The van der Waals surface area contributed by atoms with E-state index in [1.165, 1.54) is 23.2 Å². The third-order valence-corrected chi connectivity index (χ3v) is 3.90. The van der Waals surface area contributed by atoms with Crippen LogP contribution in [0.3, 0.4) is 0 Å². The number of benzene rings is 1. The molecule has 0 saturated heterocycles. The second-order valence-corrected chi connectivity index (χ2v) is 5.16. The van der Waals surface area contributed by atoms with Gasteiger partial charge < -0.3 is 10.2 Å². The maximum Gasteiger partial charge on any atom is 0.0435 e. The number of hydrogen-bond donors (Lipinski definition) is 1. The Kier molecular flexibility index (Phi) is 3.72. The molecule has 0 spiro atoms. The van der Waals surface area contributed by atoms with Crippen molar-refractivity contribution in [2.45, 2.75) is 45.7 Å². The maximum absolute atomic E-state index is 3.33. The Morgan fingerprint density at radius 2 is 2.24 bits per heavy atom. The number of rotatable bonds is 4. The lowest BCUT2D eigenvalue weighted by Crippen LogP contribution is -2.30. The van der Waals surface area contributed by atoms with Gasteiger partial charge in [0.05, 0.1) is 0 Å². The minimum Gasteiger partial charge on any atom is -0.368 e. The quantitative estimate of drug-likeness (QED) is 0.858. The van der Waals surface area contributed by atoms with E-state index < -0.39 is 0 Å². The molecular weight excluding hydrogens is 208 g/mol. The summed E-state index contributed by atoms with van der Waals surface area (Å²) in [6.07, 6.45) is 2.31. The monoisotopic (exact) mass is 232 g/mol. The van der Waals surface area contributed by atoms with Crippen LogP contribution in [0.25, 0.3) is 0 Å². The molecule has 17 heavy (non-hydrogen) atoms. The summed E-state index contributed by atoms with van der Waals surface area (Å²) in [5.74, 6) is 0. The molecule has 2 nitrogen and oxygen atoms in total. The van der Waals surface area contributed by atoms with Crippen molar-refractivity contribution >= 4 is 5.69 Å². The van der Waals surface area contributed by atoms with Crippen LogP contribution in [0.2, 0.25) is 0 Å². The molecular formula is C15H24N2. The molecule has 2 atom stereocenters. The van der Waals surface area contributed by atoms with Crippen molar-refractivity contribution in [2.75, 3.05) is 18.5 Å². The highest BCUT2D eigenvalue weighted by atomic mass is 15.2. The van der Waals surface area contributed by atoms with E-state index >= 15 is 0 Å². The summed E-state index contributed by atoms with van der Waals surface area (Å²) < 4.78 is 0. The minimum atomic E-state index is 0.538. The lowest BCUT2D eigenvalue weighted by molar-refractivity contribution is 0.606. The van der Waals surface area contributed by atoms with Crippen LogP contribution in [-0.2, 0) is 12.8 Å². The smallest absolute Gasteiger partial charge is 0.0435 e. The molecule has 0 radical (unpaired) electrons. The molecule has 0 fully saturated rings.